The average molecular weight is 318 g/mol. The van der Waals surface area contributed by atoms with Crippen LogP contribution in [0.25, 0.3) is 0 Å². The zero-order valence-corrected chi connectivity index (χ0v) is 13.5. The molecule has 0 aliphatic heterocycles. The number of amides is 1. The minimum atomic E-state index is -0.715. The molecule has 1 atom stereocenters. The van der Waals surface area contributed by atoms with Crippen LogP contribution < -0.4 is 5.32 Å². The summed E-state index contributed by atoms with van der Waals surface area (Å²) in [5.41, 5.74) is 1.04. The zero-order valence-electron chi connectivity index (χ0n) is 12.7. The molecule has 0 unspecified atom stereocenters. The number of halogens is 1. The van der Waals surface area contributed by atoms with Crippen molar-refractivity contribution in [2.24, 2.45) is 0 Å². The van der Waals surface area contributed by atoms with Crippen LogP contribution in [0.5, 0.6) is 0 Å². The third kappa shape index (κ3) is 3.67. The van der Waals surface area contributed by atoms with Gasteiger partial charge in [-0.1, -0.05) is 54.1 Å². The van der Waals surface area contributed by atoms with Gasteiger partial charge in [0.2, 0.25) is 5.91 Å². The topological polar surface area (TPSA) is 49.3 Å². The highest BCUT2D eigenvalue weighted by Crippen LogP contribution is 2.26. The molecule has 3 nitrogen and oxygen atoms in total. The molecule has 2 aromatic rings. The van der Waals surface area contributed by atoms with Gasteiger partial charge in [0.25, 0.3) is 0 Å². The smallest absolute Gasteiger partial charge is 0.230 e. The highest BCUT2D eigenvalue weighted by molar-refractivity contribution is 6.30. The fourth-order valence-corrected chi connectivity index (χ4v) is 2.38. The molecule has 0 aliphatic rings. The van der Waals surface area contributed by atoms with Gasteiger partial charge >= 0.3 is 0 Å². The van der Waals surface area contributed by atoms with E-state index < -0.39 is 11.5 Å². The highest BCUT2D eigenvalue weighted by Gasteiger charge is 2.31. The van der Waals surface area contributed by atoms with E-state index in [9.17, 15) is 9.90 Å². The molecule has 1 amide bonds. The van der Waals surface area contributed by atoms with Crippen LogP contribution in [0.1, 0.15) is 31.0 Å². The van der Waals surface area contributed by atoms with E-state index >= 15 is 0 Å². The van der Waals surface area contributed by atoms with Crippen LogP contribution in [0.15, 0.2) is 54.6 Å². The number of benzene rings is 2. The summed E-state index contributed by atoms with van der Waals surface area (Å²) in [6.45, 7) is 3.56. The van der Waals surface area contributed by atoms with Gasteiger partial charge in [-0.3, -0.25) is 4.79 Å². The standard InChI is InChI=1S/C18H20ClNO2/c1-18(2,14-8-10-15(19)11-9-14)17(22)20-16(12-21)13-6-4-3-5-7-13/h3-11,16,21H,12H2,1-2H3,(H,20,22)/t16-/m1/s1. The Kier molecular flexibility index (Phi) is 5.22. The van der Waals surface area contributed by atoms with E-state index in [0.717, 1.165) is 11.1 Å². The molecule has 0 radical (unpaired) electrons. The number of hydrogen-bond acceptors (Lipinski definition) is 2. The summed E-state index contributed by atoms with van der Waals surface area (Å²) < 4.78 is 0. The summed E-state index contributed by atoms with van der Waals surface area (Å²) >= 11 is 5.89. The average Bonchev–Trinajstić information content (AvgIpc) is 2.53. The van der Waals surface area contributed by atoms with Gasteiger partial charge in [0.05, 0.1) is 18.1 Å². The first-order chi connectivity index (χ1) is 10.4. The molecule has 0 saturated heterocycles. The Morgan fingerprint density at radius 2 is 1.73 bits per heavy atom. The first-order valence-corrected chi connectivity index (χ1v) is 7.55. The Morgan fingerprint density at radius 1 is 1.14 bits per heavy atom. The van der Waals surface area contributed by atoms with Gasteiger partial charge in [0.15, 0.2) is 0 Å². The molecule has 0 fully saturated rings. The van der Waals surface area contributed by atoms with E-state index in [0.29, 0.717) is 5.02 Å². The van der Waals surface area contributed by atoms with Crippen molar-refractivity contribution in [3.05, 3.63) is 70.7 Å². The minimum absolute atomic E-state index is 0.141. The number of aliphatic hydroxyl groups excluding tert-OH is 1. The fourth-order valence-electron chi connectivity index (χ4n) is 2.26. The molecule has 0 bridgehead atoms. The van der Waals surface area contributed by atoms with Crippen LogP contribution in [-0.2, 0) is 10.2 Å². The van der Waals surface area contributed by atoms with Crippen molar-refractivity contribution in [2.75, 3.05) is 6.61 Å². The van der Waals surface area contributed by atoms with Crippen molar-refractivity contribution in [1.82, 2.24) is 5.32 Å². The molecule has 0 saturated carbocycles. The fraction of sp³-hybridized carbons (Fsp3) is 0.278. The van der Waals surface area contributed by atoms with Gasteiger partial charge in [-0.15, -0.1) is 0 Å². The summed E-state index contributed by atoms with van der Waals surface area (Å²) in [5, 5.41) is 13.1. The Morgan fingerprint density at radius 3 is 2.27 bits per heavy atom. The number of nitrogens with one attached hydrogen (secondary N) is 1. The second-order valence-corrected chi connectivity index (χ2v) is 6.19. The van der Waals surface area contributed by atoms with Crippen molar-refractivity contribution in [2.45, 2.75) is 25.3 Å². The lowest BCUT2D eigenvalue weighted by Gasteiger charge is -2.27. The molecular formula is C18H20ClNO2. The van der Waals surface area contributed by atoms with Gasteiger partial charge in [0, 0.05) is 5.02 Å². The van der Waals surface area contributed by atoms with Crippen LogP contribution in [0.2, 0.25) is 5.02 Å². The summed E-state index contributed by atoms with van der Waals surface area (Å²) in [6, 6.07) is 16.3. The van der Waals surface area contributed by atoms with Gasteiger partial charge in [-0.05, 0) is 37.1 Å². The predicted molar refractivity (Wildman–Crippen MR) is 88.9 cm³/mol. The SMILES string of the molecule is CC(C)(C(=O)N[C@H](CO)c1ccccc1)c1ccc(Cl)cc1. The van der Waals surface area contributed by atoms with E-state index in [1.807, 2.05) is 56.3 Å². The lowest BCUT2D eigenvalue weighted by molar-refractivity contribution is -0.126. The Hall–Kier alpha value is -1.84. The minimum Gasteiger partial charge on any atom is -0.394 e. The van der Waals surface area contributed by atoms with Gasteiger partial charge in [0.1, 0.15) is 0 Å². The molecule has 0 heterocycles. The third-order valence-corrected chi connectivity index (χ3v) is 4.08. The monoisotopic (exact) mass is 317 g/mol. The van der Waals surface area contributed by atoms with Crippen LogP contribution in [0.3, 0.4) is 0 Å². The van der Waals surface area contributed by atoms with Crippen LogP contribution in [0.4, 0.5) is 0 Å². The maximum Gasteiger partial charge on any atom is 0.230 e. The normalized spacial score (nSPS) is 12.7. The molecule has 116 valence electrons. The van der Waals surface area contributed by atoms with E-state index in [-0.39, 0.29) is 12.5 Å². The summed E-state index contributed by atoms with van der Waals surface area (Å²) in [4.78, 5) is 12.6. The van der Waals surface area contributed by atoms with Gasteiger partial charge in [-0.2, -0.15) is 0 Å². The lowest BCUT2D eigenvalue weighted by atomic mass is 9.83. The molecule has 0 aliphatic carbocycles. The summed E-state index contributed by atoms with van der Waals surface area (Å²) in [7, 11) is 0. The van der Waals surface area contributed by atoms with Crippen LogP contribution in [-0.4, -0.2) is 17.6 Å². The van der Waals surface area contributed by atoms with Crippen LogP contribution >= 0.6 is 11.6 Å². The van der Waals surface area contributed by atoms with Crippen molar-refractivity contribution < 1.29 is 9.90 Å². The summed E-state index contributed by atoms with van der Waals surface area (Å²) in [6.07, 6.45) is 0. The molecule has 0 aromatic heterocycles. The maximum absolute atomic E-state index is 12.6. The molecule has 4 heteroatoms. The largest absolute Gasteiger partial charge is 0.394 e. The molecular weight excluding hydrogens is 298 g/mol. The molecule has 0 spiro atoms. The van der Waals surface area contributed by atoms with Gasteiger partial charge < -0.3 is 10.4 Å². The zero-order chi connectivity index (χ0) is 16.2. The van der Waals surface area contributed by atoms with E-state index in [4.69, 9.17) is 11.6 Å². The molecule has 2 N–H and O–H groups in total. The number of carbonyl (C=O) groups is 1. The number of aliphatic hydroxyl groups is 1. The lowest BCUT2D eigenvalue weighted by Crippen LogP contribution is -2.42. The number of hydrogen-bond donors (Lipinski definition) is 2. The van der Waals surface area contributed by atoms with Crippen molar-refractivity contribution >= 4 is 17.5 Å². The summed E-state index contributed by atoms with van der Waals surface area (Å²) in [5.74, 6) is -0.141. The van der Waals surface area contributed by atoms with E-state index in [1.54, 1.807) is 12.1 Å². The first-order valence-electron chi connectivity index (χ1n) is 7.18. The first kappa shape index (κ1) is 16.5. The van der Waals surface area contributed by atoms with Crippen molar-refractivity contribution in [3.63, 3.8) is 0 Å². The number of rotatable bonds is 5. The second kappa shape index (κ2) is 6.95. The molecule has 2 aromatic carbocycles. The Bertz CT molecular complexity index is 623. The molecule has 22 heavy (non-hydrogen) atoms. The second-order valence-electron chi connectivity index (χ2n) is 5.75. The predicted octanol–water partition coefficient (Wildman–Crippen LogP) is 3.47. The quantitative estimate of drug-likeness (QED) is 0.887. The highest BCUT2D eigenvalue weighted by atomic mass is 35.5. The maximum atomic E-state index is 12.6. The van der Waals surface area contributed by atoms with Crippen LogP contribution in [0, 0.1) is 0 Å². The van der Waals surface area contributed by atoms with Crippen molar-refractivity contribution in [1.29, 1.82) is 0 Å². The number of carbonyl (C=O) groups excluding carboxylic acids is 1. The Balaban J connectivity index is 2.17. The third-order valence-electron chi connectivity index (χ3n) is 3.82. The molecule has 2 rings (SSSR count). The van der Waals surface area contributed by atoms with Gasteiger partial charge in [-0.25, -0.2) is 0 Å². The Labute approximate surface area is 135 Å². The van der Waals surface area contributed by atoms with E-state index in [2.05, 4.69) is 5.32 Å². The van der Waals surface area contributed by atoms with Crippen molar-refractivity contribution in [3.8, 4) is 0 Å². The van der Waals surface area contributed by atoms with E-state index in [1.165, 1.54) is 0 Å².